The Balaban J connectivity index is 1.81. The van der Waals surface area contributed by atoms with E-state index in [1.165, 1.54) is 29.3 Å². The van der Waals surface area contributed by atoms with Crippen LogP contribution in [0, 0.1) is 11.8 Å². The van der Waals surface area contributed by atoms with Gasteiger partial charge in [0.15, 0.2) is 0 Å². The fourth-order valence-electron chi connectivity index (χ4n) is 2.65. The van der Waals surface area contributed by atoms with Gasteiger partial charge in [0.1, 0.15) is 0 Å². The number of rotatable bonds is 2. The highest BCUT2D eigenvalue weighted by atomic mass is 32.2. The molecule has 0 aliphatic carbocycles. The third kappa shape index (κ3) is 4.02. The molecule has 0 atom stereocenters. The Morgan fingerprint density at radius 2 is 2.04 bits per heavy atom. The van der Waals surface area contributed by atoms with Crippen LogP contribution in [0.3, 0.4) is 0 Å². The predicted molar refractivity (Wildman–Crippen MR) is 98.8 cm³/mol. The molecule has 0 N–H and O–H groups in total. The molecular weight excluding hydrogens is 332 g/mol. The van der Waals surface area contributed by atoms with Crippen LogP contribution in [0.4, 0.5) is 0 Å². The molecular formula is C20H20N2O2S. The minimum absolute atomic E-state index is 0.177. The molecule has 0 bridgehead atoms. The lowest BCUT2D eigenvalue weighted by molar-refractivity contribution is 0.0525. The van der Waals surface area contributed by atoms with Crippen molar-refractivity contribution in [1.29, 1.82) is 0 Å². The zero-order valence-corrected chi connectivity index (χ0v) is 15.4. The van der Waals surface area contributed by atoms with Gasteiger partial charge >= 0.3 is 5.97 Å². The fourth-order valence-corrected chi connectivity index (χ4v) is 4.14. The maximum absolute atomic E-state index is 11.6. The average molecular weight is 352 g/mol. The SMILES string of the molecule is CCOC(=O)c1cnc(C#Cc2ccc3c(c2)C(C)(C)CCS3)nc1. The molecule has 25 heavy (non-hydrogen) atoms. The molecule has 1 aromatic heterocycles. The maximum atomic E-state index is 11.6. The first kappa shape index (κ1) is 17.5. The normalized spacial score (nSPS) is 14.8. The Morgan fingerprint density at radius 1 is 1.28 bits per heavy atom. The summed E-state index contributed by atoms with van der Waals surface area (Å²) in [6.07, 6.45) is 4.06. The summed E-state index contributed by atoms with van der Waals surface area (Å²) >= 11 is 1.91. The van der Waals surface area contributed by atoms with Gasteiger partial charge in [-0.2, -0.15) is 0 Å². The van der Waals surface area contributed by atoms with Crippen molar-refractivity contribution in [3.05, 3.63) is 53.1 Å². The number of carbonyl (C=O) groups excluding carboxylic acids is 1. The molecule has 2 aromatic rings. The van der Waals surface area contributed by atoms with Crippen LogP contribution >= 0.6 is 11.8 Å². The second kappa shape index (κ2) is 7.28. The lowest BCUT2D eigenvalue weighted by Crippen LogP contribution is -2.22. The van der Waals surface area contributed by atoms with Crippen molar-refractivity contribution in [2.24, 2.45) is 0 Å². The summed E-state index contributed by atoms with van der Waals surface area (Å²) in [5.41, 5.74) is 2.82. The molecule has 4 nitrogen and oxygen atoms in total. The molecule has 5 heteroatoms. The number of carbonyl (C=O) groups is 1. The molecule has 0 saturated heterocycles. The lowest BCUT2D eigenvalue weighted by atomic mass is 9.81. The van der Waals surface area contributed by atoms with E-state index < -0.39 is 5.97 Å². The quantitative estimate of drug-likeness (QED) is 0.607. The van der Waals surface area contributed by atoms with Gasteiger partial charge in [-0.15, -0.1) is 11.8 Å². The van der Waals surface area contributed by atoms with Gasteiger partial charge in [-0.25, -0.2) is 14.8 Å². The average Bonchev–Trinajstić information content (AvgIpc) is 2.61. The topological polar surface area (TPSA) is 52.1 Å². The van der Waals surface area contributed by atoms with Crippen molar-refractivity contribution >= 4 is 17.7 Å². The number of fused-ring (bicyclic) bond motifs is 1. The first-order valence-electron chi connectivity index (χ1n) is 8.28. The predicted octanol–water partition coefficient (Wildman–Crippen LogP) is 3.83. The number of hydrogen-bond acceptors (Lipinski definition) is 5. The zero-order chi connectivity index (χ0) is 17.9. The number of aromatic nitrogens is 2. The van der Waals surface area contributed by atoms with Crippen LogP contribution < -0.4 is 0 Å². The van der Waals surface area contributed by atoms with Gasteiger partial charge in [0.05, 0.1) is 12.2 Å². The molecule has 0 fully saturated rings. The van der Waals surface area contributed by atoms with Gasteiger partial charge in [0, 0.05) is 22.9 Å². The Bertz CT molecular complexity index is 848. The summed E-state index contributed by atoms with van der Waals surface area (Å²) in [6.45, 7) is 6.64. The van der Waals surface area contributed by atoms with E-state index in [1.54, 1.807) is 6.92 Å². The summed E-state index contributed by atoms with van der Waals surface area (Å²) < 4.78 is 4.91. The third-order valence-corrected chi connectivity index (χ3v) is 5.25. The van der Waals surface area contributed by atoms with Crippen LogP contribution in [-0.4, -0.2) is 28.3 Å². The number of ether oxygens (including phenoxy) is 1. The first-order valence-corrected chi connectivity index (χ1v) is 9.26. The summed E-state index contributed by atoms with van der Waals surface area (Å²) in [5, 5.41) is 0. The second-order valence-corrected chi connectivity index (χ2v) is 7.60. The molecule has 0 unspecified atom stereocenters. The molecule has 0 radical (unpaired) electrons. The summed E-state index contributed by atoms with van der Waals surface area (Å²) in [6, 6.07) is 6.35. The van der Waals surface area contributed by atoms with Crippen molar-refractivity contribution in [3.63, 3.8) is 0 Å². The molecule has 128 valence electrons. The maximum Gasteiger partial charge on any atom is 0.341 e. The van der Waals surface area contributed by atoms with E-state index in [0.717, 1.165) is 11.3 Å². The van der Waals surface area contributed by atoms with Gasteiger partial charge in [-0.05, 0) is 54.2 Å². The van der Waals surface area contributed by atoms with Gasteiger partial charge < -0.3 is 4.74 Å². The number of esters is 1. The van der Waals surface area contributed by atoms with Crippen LogP contribution in [0.15, 0.2) is 35.5 Å². The third-order valence-electron chi connectivity index (χ3n) is 4.17. The standard InChI is InChI=1S/C20H20N2O2S/c1-4-24-19(23)15-12-21-18(22-13-15)8-6-14-5-7-17-16(11-14)20(2,3)9-10-25-17/h5,7,11-13H,4,9-10H2,1-3H3. The van der Waals surface area contributed by atoms with E-state index >= 15 is 0 Å². The van der Waals surface area contributed by atoms with E-state index in [-0.39, 0.29) is 5.41 Å². The minimum Gasteiger partial charge on any atom is -0.462 e. The van der Waals surface area contributed by atoms with Crippen LogP contribution in [0.1, 0.15) is 54.5 Å². The van der Waals surface area contributed by atoms with Gasteiger partial charge in [0.2, 0.25) is 5.82 Å². The minimum atomic E-state index is -0.420. The second-order valence-electron chi connectivity index (χ2n) is 6.46. The van der Waals surface area contributed by atoms with Crippen molar-refractivity contribution in [3.8, 4) is 11.8 Å². The van der Waals surface area contributed by atoms with E-state index in [1.807, 2.05) is 17.8 Å². The van der Waals surface area contributed by atoms with Crippen LogP contribution in [0.5, 0.6) is 0 Å². The molecule has 0 saturated carbocycles. The Hall–Kier alpha value is -2.32. The zero-order valence-electron chi connectivity index (χ0n) is 14.6. The van der Waals surface area contributed by atoms with Gasteiger partial charge in [0.25, 0.3) is 0 Å². The number of benzene rings is 1. The summed E-state index contributed by atoms with van der Waals surface area (Å²) in [4.78, 5) is 21.2. The van der Waals surface area contributed by atoms with Crippen molar-refractivity contribution < 1.29 is 9.53 Å². The molecule has 3 rings (SSSR count). The van der Waals surface area contributed by atoms with Gasteiger partial charge in [-0.1, -0.05) is 19.8 Å². The number of hydrogen-bond donors (Lipinski definition) is 0. The molecule has 0 spiro atoms. The highest BCUT2D eigenvalue weighted by Crippen LogP contribution is 2.41. The largest absolute Gasteiger partial charge is 0.462 e. The first-order chi connectivity index (χ1) is 12.0. The van der Waals surface area contributed by atoms with Crippen molar-refractivity contribution in [2.45, 2.75) is 37.5 Å². The summed E-state index contributed by atoms with van der Waals surface area (Å²) in [5.74, 6) is 7.21. The molecule has 1 aliphatic rings. The Kier molecular flexibility index (Phi) is 5.10. The number of nitrogens with zero attached hydrogens (tertiary/aromatic N) is 2. The Labute approximate surface area is 152 Å². The van der Waals surface area contributed by atoms with E-state index in [9.17, 15) is 4.79 Å². The van der Waals surface area contributed by atoms with Gasteiger partial charge in [-0.3, -0.25) is 0 Å². The lowest BCUT2D eigenvalue weighted by Gasteiger charge is -2.32. The van der Waals surface area contributed by atoms with Crippen molar-refractivity contribution in [1.82, 2.24) is 9.97 Å². The van der Waals surface area contributed by atoms with E-state index in [0.29, 0.717) is 18.0 Å². The summed E-state index contributed by atoms with van der Waals surface area (Å²) in [7, 11) is 0. The van der Waals surface area contributed by atoms with E-state index in [4.69, 9.17) is 4.74 Å². The highest BCUT2D eigenvalue weighted by Gasteiger charge is 2.27. The molecule has 2 heterocycles. The molecule has 1 aromatic carbocycles. The molecule has 0 amide bonds. The smallest absolute Gasteiger partial charge is 0.341 e. The number of thioether (sulfide) groups is 1. The van der Waals surface area contributed by atoms with E-state index in [2.05, 4.69) is 47.8 Å². The fraction of sp³-hybridized carbons (Fsp3) is 0.350. The molecule has 1 aliphatic heterocycles. The van der Waals surface area contributed by atoms with Crippen molar-refractivity contribution in [2.75, 3.05) is 12.4 Å². The Morgan fingerprint density at radius 3 is 2.76 bits per heavy atom. The van der Waals surface area contributed by atoms with Crippen LogP contribution in [-0.2, 0) is 10.2 Å². The monoisotopic (exact) mass is 352 g/mol. The van der Waals surface area contributed by atoms with Crippen LogP contribution in [0.25, 0.3) is 0 Å². The van der Waals surface area contributed by atoms with Crippen LogP contribution in [0.2, 0.25) is 0 Å². The highest BCUT2D eigenvalue weighted by molar-refractivity contribution is 7.99.